The first kappa shape index (κ1) is 19.5. The van der Waals surface area contributed by atoms with Crippen molar-refractivity contribution in [1.82, 2.24) is 4.90 Å². The second-order valence-corrected chi connectivity index (χ2v) is 5.84. The van der Waals surface area contributed by atoms with Gasteiger partial charge < -0.3 is 17.1 Å². The van der Waals surface area contributed by atoms with Crippen LogP contribution in [0.25, 0.3) is 0 Å². The van der Waals surface area contributed by atoms with E-state index in [1.54, 1.807) is 24.3 Å². The first-order valence-corrected chi connectivity index (χ1v) is 7.61. The number of rotatable bonds is 6. The van der Waals surface area contributed by atoms with Crippen LogP contribution >= 0.6 is 11.6 Å². The molecule has 0 spiro atoms. The molecule has 0 amide bonds. The van der Waals surface area contributed by atoms with Crippen LogP contribution in [0.2, 0.25) is 5.02 Å². The van der Waals surface area contributed by atoms with Gasteiger partial charge in [0.15, 0.2) is 0 Å². The van der Waals surface area contributed by atoms with Crippen molar-refractivity contribution < 1.29 is 21.9 Å². The number of nitrogens with zero attached hydrogens (tertiary/aromatic N) is 1. The molecule has 0 heterocycles. The average Bonchev–Trinajstić information content (AvgIpc) is 2.48. The summed E-state index contributed by atoms with van der Waals surface area (Å²) in [6.45, 7) is 3.40. The maximum atomic E-state index is 12.0. The van der Waals surface area contributed by atoms with E-state index < -0.39 is 0 Å². The lowest BCUT2D eigenvalue weighted by Crippen LogP contribution is -3.00. The molecule has 0 aliphatic carbocycles. The number of halogens is 2. The number of likely N-dealkylation sites (N-methyl/N-ethyl adjacent to an activating group) is 1. The predicted molar refractivity (Wildman–Crippen MR) is 89.1 cm³/mol. The Kier molecular flexibility index (Phi) is 8.10. The monoisotopic (exact) mass is 352 g/mol. The number of carbonyl (C=O) groups is 1. The highest BCUT2D eigenvalue weighted by Gasteiger charge is 2.14. The summed E-state index contributed by atoms with van der Waals surface area (Å²) in [5.41, 5.74) is 1.75. The van der Waals surface area contributed by atoms with Gasteiger partial charge in [-0.05, 0) is 43.8 Å². The van der Waals surface area contributed by atoms with Crippen LogP contribution in [0.5, 0.6) is 0 Å². The molecule has 5 heteroatoms. The van der Waals surface area contributed by atoms with Crippen LogP contribution in [-0.2, 0) is 11.3 Å². The summed E-state index contributed by atoms with van der Waals surface area (Å²) < 4.78 is 5.46. The lowest BCUT2D eigenvalue weighted by atomic mass is 10.2. The van der Waals surface area contributed by atoms with Crippen LogP contribution in [0.4, 0.5) is 0 Å². The minimum Gasteiger partial charge on any atom is -1.00 e. The molecular formula is C18H20Cl2NO2-. The molecule has 0 aliphatic rings. The van der Waals surface area contributed by atoms with Crippen LogP contribution < -0.4 is 12.4 Å². The van der Waals surface area contributed by atoms with E-state index in [1.165, 1.54) is 5.56 Å². The first-order valence-electron chi connectivity index (χ1n) is 7.23. The maximum absolute atomic E-state index is 12.0. The lowest BCUT2D eigenvalue weighted by molar-refractivity contribution is -0.0000422. The van der Waals surface area contributed by atoms with Crippen molar-refractivity contribution in [3.05, 3.63) is 70.7 Å². The lowest BCUT2D eigenvalue weighted by Gasteiger charge is -2.21. The Balaban J connectivity index is 0.00000264. The molecule has 2 aromatic carbocycles. The SMILES string of the molecule is CC(CN(C)Cc1ccccc1)OC(=O)c1ccc(Cl)cc1.[Cl-]. The van der Waals surface area contributed by atoms with Gasteiger partial charge >= 0.3 is 5.97 Å². The molecule has 1 unspecified atom stereocenters. The summed E-state index contributed by atoms with van der Waals surface area (Å²) in [6, 6.07) is 16.9. The Morgan fingerprint density at radius 1 is 1.13 bits per heavy atom. The molecule has 0 N–H and O–H groups in total. The zero-order valence-corrected chi connectivity index (χ0v) is 14.7. The second-order valence-electron chi connectivity index (χ2n) is 5.41. The molecule has 0 saturated carbocycles. The molecular weight excluding hydrogens is 333 g/mol. The third-order valence-electron chi connectivity index (χ3n) is 3.25. The van der Waals surface area contributed by atoms with Crippen molar-refractivity contribution >= 4 is 17.6 Å². The van der Waals surface area contributed by atoms with Crippen molar-refractivity contribution in [2.75, 3.05) is 13.6 Å². The van der Waals surface area contributed by atoms with E-state index in [9.17, 15) is 4.79 Å². The molecule has 1 atom stereocenters. The first-order chi connectivity index (χ1) is 10.5. The van der Waals surface area contributed by atoms with Crippen molar-refractivity contribution in [3.63, 3.8) is 0 Å². The highest BCUT2D eigenvalue weighted by Crippen LogP contribution is 2.12. The largest absolute Gasteiger partial charge is 1.00 e. The minimum absolute atomic E-state index is 0. The van der Waals surface area contributed by atoms with Crippen LogP contribution in [0.3, 0.4) is 0 Å². The minimum atomic E-state index is -0.322. The molecule has 2 aromatic rings. The van der Waals surface area contributed by atoms with Gasteiger partial charge in [-0.25, -0.2) is 4.79 Å². The molecule has 0 aliphatic heterocycles. The Morgan fingerprint density at radius 2 is 1.74 bits per heavy atom. The third-order valence-corrected chi connectivity index (χ3v) is 3.50. The van der Waals surface area contributed by atoms with Crippen LogP contribution in [0.1, 0.15) is 22.8 Å². The number of hydrogen-bond donors (Lipinski definition) is 0. The van der Waals surface area contributed by atoms with Gasteiger partial charge in [-0.3, -0.25) is 4.90 Å². The van der Waals surface area contributed by atoms with E-state index in [0.717, 1.165) is 6.54 Å². The summed E-state index contributed by atoms with van der Waals surface area (Å²) in [6.07, 6.45) is -0.183. The van der Waals surface area contributed by atoms with Crippen molar-refractivity contribution in [2.24, 2.45) is 0 Å². The zero-order chi connectivity index (χ0) is 15.9. The maximum Gasteiger partial charge on any atom is 0.338 e. The summed E-state index contributed by atoms with van der Waals surface area (Å²) in [4.78, 5) is 14.2. The van der Waals surface area contributed by atoms with Gasteiger partial charge in [0, 0.05) is 18.1 Å². The number of benzene rings is 2. The molecule has 3 nitrogen and oxygen atoms in total. The quantitative estimate of drug-likeness (QED) is 0.727. The third kappa shape index (κ3) is 6.61. The molecule has 124 valence electrons. The van der Waals surface area contributed by atoms with Gasteiger partial charge in [0.25, 0.3) is 0 Å². The van der Waals surface area contributed by atoms with Gasteiger partial charge in [-0.15, -0.1) is 0 Å². The van der Waals surface area contributed by atoms with Gasteiger partial charge in [-0.1, -0.05) is 41.9 Å². The normalized spacial score (nSPS) is 11.7. The summed E-state index contributed by atoms with van der Waals surface area (Å²) >= 11 is 5.81. The fraction of sp³-hybridized carbons (Fsp3) is 0.278. The standard InChI is InChI=1S/C18H20ClNO2.ClH/c1-14(12-20(2)13-15-6-4-3-5-7-15)22-18(21)16-8-10-17(19)11-9-16;/h3-11,14H,12-13H2,1-2H3;1H/p-1. The molecule has 0 aromatic heterocycles. The Morgan fingerprint density at radius 3 is 2.35 bits per heavy atom. The molecule has 2 rings (SSSR count). The second kappa shape index (κ2) is 9.56. The van der Waals surface area contributed by atoms with E-state index >= 15 is 0 Å². The van der Waals surface area contributed by atoms with E-state index in [2.05, 4.69) is 17.0 Å². The summed E-state index contributed by atoms with van der Waals surface area (Å²) in [7, 11) is 2.01. The molecule has 0 radical (unpaired) electrons. The van der Waals surface area contributed by atoms with Gasteiger partial charge in [0.1, 0.15) is 6.10 Å². The molecule has 23 heavy (non-hydrogen) atoms. The zero-order valence-electron chi connectivity index (χ0n) is 13.2. The number of carbonyl (C=O) groups excluding carboxylic acids is 1. The topological polar surface area (TPSA) is 29.5 Å². The van der Waals surface area contributed by atoms with Crippen LogP contribution in [0.15, 0.2) is 54.6 Å². The van der Waals surface area contributed by atoms with Gasteiger partial charge in [0.05, 0.1) is 5.56 Å². The van der Waals surface area contributed by atoms with Crippen molar-refractivity contribution in [1.29, 1.82) is 0 Å². The van der Waals surface area contributed by atoms with E-state index in [0.29, 0.717) is 17.1 Å². The number of ether oxygens (including phenoxy) is 1. The van der Waals surface area contributed by atoms with Gasteiger partial charge in [-0.2, -0.15) is 0 Å². The van der Waals surface area contributed by atoms with Gasteiger partial charge in [0.2, 0.25) is 0 Å². The van der Waals surface area contributed by atoms with Crippen LogP contribution in [-0.4, -0.2) is 30.6 Å². The summed E-state index contributed by atoms with van der Waals surface area (Å²) in [5.74, 6) is -0.322. The summed E-state index contributed by atoms with van der Waals surface area (Å²) in [5, 5.41) is 0.604. The average molecular weight is 353 g/mol. The molecule has 0 saturated heterocycles. The van der Waals surface area contributed by atoms with E-state index in [1.807, 2.05) is 32.2 Å². The Labute approximate surface area is 148 Å². The Bertz CT molecular complexity index is 602. The van der Waals surface area contributed by atoms with E-state index in [4.69, 9.17) is 16.3 Å². The van der Waals surface area contributed by atoms with Crippen LogP contribution in [0, 0.1) is 0 Å². The number of hydrogen-bond acceptors (Lipinski definition) is 3. The molecule has 0 bridgehead atoms. The highest BCUT2D eigenvalue weighted by molar-refractivity contribution is 6.30. The number of esters is 1. The fourth-order valence-electron chi connectivity index (χ4n) is 2.27. The highest BCUT2D eigenvalue weighted by atomic mass is 35.5. The smallest absolute Gasteiger partial charge is 0.338 e. The fourth-order valence-corrected chi connectivity index (χ4v) is 2.40. The van der Waals surface area contributed by atoms with E-state index in [-0.39, 0.29) is 24.5 Å². The molecule has 0 fully saturated rings. The van der Waals surface area contributed by atoms with Crippen molar-refractivity contribution in [3.8, 4) is 0 Å². The Hall–Kier alpha value is -1.55. The van der Waals surface area contributed by atoms with Crippen molar-refractivity contribution in [2.45, 2.75) is 19.6 Å². The predicted octanol–water partition coefficient (Wildman–Crippen LogP) is 1.02.